The second kappa shape index (κ2) is 22.8. The number of nitrogens with one attached hydrogen (secondary N) is 5. The summed E-state index contributed by atoms with van der Waals surface area (Å²) in [5, 5.41) is 21.8. The first-order valence-electron chi connectivity index (χ1n) is 20.0. The normalized spacial score (nSPS) is 14.8. The smallest absolute Gasteiger partial charge is 0.336 e. The molecule has 1 unspecified atom stereocenters. The Balaban J connectivity index is 1.55. The van der Waals surface area contributed by atoms with E-state index < -0.39 is 105 Å². The van der Waals surface area contributed by atoms with E-state index in [1.807, 2.05) is 0 Å². The molecule has 0 aromatic heterocycles. The van der Waals surface area contributed by atoms with Crippen molar-refractivity contribution in [2.24, 2.45) is 11.7 Å². The molecule has 0 spiro atoms. The van der Waals surface area contributed by atoms with E-state index in [1.54, 1.807) is 67.6 Å². The first-order chi connectivity index (χ1) is 29.1. The van der Waals surface area contributed by atoms with Gasteiger partial charge >= 0.3 is 5.97 Å². The zero-order chi connectivity index (χ0) is 44.5. The second-order valence-electron chi connectivity index (χ2n) is 14.8. The van der Waals surface area contributed by atoms with E-state index >= 15 is 0 Å². The van der Waals surface area contributed by atoms with Gasteiger partial charge in [-0.05, 0) is 54.9 Å². The number of aromatic carboxylic acids is 1. The number of rotatable bonds is 22. The van der Waals surface area contributed by atoms with Crippen LogP contribution in [0.3, 0.4) is 0 Å². The number of ketones is 1. The summed E-state index contributed by atoms with van der Waals surface area (Å²) in [6, 6.07) is 16.4. The number of sulfone groups is 1. The maximum absolute atomic E-state index is 14.2. The molecule has 0 heterocycles. The number of amides is 6. The third kappa shape index (κ3) is 14.4. The van der Waals surface area contributed by atoms with Crippen molar-refractivity contribution in [1.29, 1.82) is 0 Å². The molecule has 3 aromatic carbocycles. The summed E-state index contributed by atoms with van der Waals surface area (Å²) < 4.78 is 27.2. The molecule has 6 amide bonds. The molecule has 1 fully saturated rings. The predicted octanol–water partition coefficient (Wildman–Crippen LogP) is 1.52. The number of hydrogen-bond acceptors (Lipinski definition) is 10. The van der Waals surface area contributed by atoms with Crippen LogP contribution in [0.25, 0.3) is 0 Å². The average Bonchev–Trinajstić information content (AvgIpc) is 3.25. The van der Waals surface area contributed by atoms with E-state index in [2.05, 4.69) is 26.6 Å². The van der Waals surface area contributed by atoms with E-state index in [0.29, 0.717) is 24.0 Å². The summed E-state index contributed by atoms with van der Waals surface area (Å²) in [7, 11) is -4.11. The lowest BCUT2D eigenvalue weighted by Crippen LogP contribution is -2.60. The van der Waals surface area contributed by atoms with Crippen molar-refractivity contribution in [2.45, 2.75) is 82.5 Å². The van der Waals surface area contributed by atoms with Crippen LogP contribution in [0.2, 0.25) is 0 Å². The van der Waals surface area contributed by atoms with Crippen molar-refractivity contribution in [3.63, 3.8) is 0 Å². The predicted molar refractivity (Wildman–Crippen MR) is 223 cm³/mol. The van der Waals surface area contributed by atoms with Crippen molar-refractivity contribution in [3.05, 3.63) is 107 Å². The highest BCUT2D eigenvalue weighted by atomic mass is 32.2. The molecule has 0 bridgehead atoms. The van der Waals surface area contributed by atoms with Crippen LogP contribution in [0.4, 0.5) is 0 Å². The zero-order valence-electron chi connectivity index (χ0n) is 33.8. The van der Waals surface area contributed by atoms with Gasteiger partial charge in [-0.3, -0.25) is 33.6 Å². The minimum atomic E-state index is -4.11. The van der Waals surface area contributed by atoms with E-state index in [0.717, 1.165) is 19.3 Å². The molecule has 1 saturated carbocycles. The topological polar surface area (TPSA) is 277 Å². The number of nitrogens with two attached hydrogens (primary N) is 1. The van der Waals surface area contributed by atoms with Gasteiger partial charge in [-0.2, -0.15) is 0 Å². The van der Waals surface area contributed by atoms with Crippen LogP contribution in [0.1, 0.15) is 89.8 Å². The van der Waals surface area contributed by atoms with E-state index in [4.69, 9.17) is 5.73 Å². The number of aryl methyl sites for hydroxylation is 1. The molecule has 0 aliphatic heterocycles. The van der Waals surface area contributed by atoms with Gasteiger partial charge in [0.15, 0.2) is 9.84 Å². The van der Waals surface area contributed by atoms with Crippen LogP contribution < -0.4 is 32.3 Å². The maximum Gasteiger partial charge on any atom is 0.336 e. The van der Waals surface area contributed by atoms with Crippen LogP contribution in [0.15, 0.2) is 84.9 Å². The van der Waals surface area contributed by atoms with Gasteiger partial charge < -0.3 is 37.4 Å². The number of hydrogen-bond donors (Lipinski definition) is 7. The Morgan fingerprint density at radius 3 is 1.93 bits per heavy atom. The third-order valence-electron chi connectivity index (χ3n) is 10.3. The fraction of sp³-hybridized carbons (Fsp3) is 0.395. The SMILES string of the molecule is CCCC(NC(=O)[C@H](CS(=O)(=O)CCc1ccccc1)NC(=O)[C@@H](NC(=O)c1ccccc1C(=O)O)C1CCCCC1)C(=O)C(=O)NCC(=O)N[C@H](C(N)=O)c1ccccc1. The molecule has 0 saturated heterocycles. The number of Topliss-reactive ketones (excluding diaryl/α,β-unsaturated/α-hetero) is 1. The van der Waals surface area contributed by atoms with Gasteiger partial charge in [-0.25, -0.2) is 13.2 Å². The Hall–Kier alpha value is -6.43. The van der Waals surface area contributed by atoms with Gasteiger partial charge in [-0.1, -0.05) is 105 Å². The average molecular weight is 861 g/mol. The molecule has 4 atom stereocenters. The lowest BCUT2D eigenvalue weighted by Gasteiger charge is -2.31. The van der Waals surface area contributed by atoms with Crippen molar-refractivity contribution in [2.75, 3.05) is 18.1 Å². The van der Waals surface area contributed by atoms with Gasteiger partial charge in [0, 0.05) is 0 Å². The van der Waals surface area contributed by atoms with Crippen LogP contribution in [-0.2, 0) is 45.0 Å². The van der Waals surface area contributed by atoms with E-state index in [1.165, 1.54) is 24.3 Å². The first-order valence-corrected chi connectivity index (χ1v) is 21.9. The van der Waals surface area contributed by atoms with Crippen LogP contribution in [0, 0.1) is 5.92 Å². The van der Waals surface area contributed by atoms with Crippen molar-refractivity contribution in [3.8, 4) is 0 Å². The number of primary amides is 1. The lowest BCUT2D eigenvalue weighted by atomic mass is 9.83. The molecule has 1 aliphatic rings. The Kier molecular flexibility index (Phi) is 17.7. The Morgan fingerprint density at radius 1 is 0.738 bits per heavy atom. The van der Waals surface area contributed by atoms with Gasteiger partial charge in [0.05, 0.1) is 35.2 Å². The quantitative estimate of drug-likeness (QED) is 0.0712. The summed E-state index contributed by atoms with van der Waals surface area (Å²) in [6.45, 7) is 0.927. The number of carboxylic acids is 1. The molecule has 326 valence electrons. The summed E-state index contributed by atoms with van der Waals surface area (Å²) in [5.41, 5.74) is 6.04. The second-order valence-corrected chi connectivity index (χ2v) is 17.1. The largest absolute Gasteiger partial charge is 0.478 e. The number of carbonyl (C=O) groups is 8. The third-order valence-corrected chi connectivity index (χ3v) is 11.9. The fourth-order valence-electron chi connectivity index (χ4n) is 7.06. The highest BCUT2D eigenvalue weighted by Crippen LogP contribution is 2.27. The molecule has 8 N–H and O–H groups in total. The molecule has 17 nitrogen and oxygen atoms in total. The fourth-order valence-corrected chi connectivity index (χ4v) is 8.52. The highest BCUT2D eigenvalue weighted by Gasteiger charge is 2.37. The molecule has 4 rings (SSSR count). The maximum atomic E-state index is 14.2. The van der Waals surface area contributed by atoms with Crippen molar-refractivity contribution >= 4 is 57.0 Å². The molecule has 3 aromatic rings. The minimum Gasteiger partial charge on any atom is -0.478 e. The molecule has 1 aliphatic carbocycles. The summed E-state index contributed by atoms with van der Waals surface area (Å²) >= 11 is 0. The Bertz CT molecular complexity index is 2160. The minimum absolute atomic E-state index is 0.0887. The van der Waals surface area contributed by atoms with Crippen molar-refractivity contribution in [1.82, 2.24) is 26.6 Å². The van der Waals surface area contributed by atoms with Gasteiger partial charge in [0.2, 0.25) is 29.4 Å². The van der Waals surface area contributed by atoms with Gasteiger partial charge in [-0.15, -0.1) is 0 Å². The summed E-state index contributed by atoms with van der Waals surface area (Å²) in [5.74, 6) is -10.2. The lowest BCUT2D eigenvalue weighted by molar-refractivity contribution is -0.141. The number of carboxylic acid groups (broad SMARTS) is 1. The zero-order valence-corrected chi connectivity index (χ0v) is 34.6. The van der Waals surface area contributed by atoms with Gasteiger partial charge in [0.1, 0.15) is 18.1 Å². The molecule has 61 heavy (non-hydrogen) atoms. The monoisotopic (exact) mass is 860 g/mol. The van der Waals surface area contributed by atoms with Crippen LogP contribution in [0.5, 0.6) is 0 Å². The highest BCUT2D eigenvalue weighted by molar-refractivity contribution is 7.91. The molecular weight excluding hydrogens is 809 g/mol. The van der Waals surface area contributed by atoms with E-state index in [-0.39, 0.29) is 30.4 Å². The van der Waals surface area contributed by atoms with Crippen molar-refractivity contribution < 1.29 is 51.9 Å². The molecule has 0 radical (unpaired) electrons. The van der Waals surface area contributed by atoms with Crippen LogP contribution in [-0.4, -0.2) is 96.9 Å². The van der Waals surface area contributed by atoms with Crippen LogP contribution >= 0.6 is 0 Å². The Labute approximate surface area is 353 Å². The number of benzene rings is 3. The summed E-state index contributed by atoms with van der Waals surface area (Å²) in [4.78, 5) is 105. The van der Waals surface area contributed by atoms with Gasteiger partial charge in [0.25, 0.3) is 11.8 Å². The summed E-state index contributed by atoms with van der Waals surface area (Å²) in [6.07, 6.45) is 3.58. The standard InChI is InChI=1S/C43H52N6O11S/c1-2-14-32(37(51)42(56)45-25-34(50)48-35(38(44)52)28-17-8-4-9-18-28)46-40(54)33(26-61(59,60)24-23-27-15-6-3-7-16-27)47-41(55)36(29-19-10-5-11-20-29)49-39(53)30-21-12-13-22-31(30)43(57)58/h3-4,6-9,12-13,15-18,21-22,29,32-33,35-36H,2,5,10-11,14,19-20,23-26H2,1H3,(H2,44,52)(H,45,56)(H,46,54)(H,47,55)(H,48,50)(H,49,53)(H,57,58)/t32?,33-,35-,36-/m0/s1. The molecule has 18 heteroatoms. The number of carbonyl (C=O) groups excluding carboxylic acids is 7. The Morgan fingerprint density at radius 2 is 1.33 bits per heavy atom. The first kappa shape index (κ1) is 47.3. The van der Waals surface area contributed by atoms with E-state index in [9.17, 15) is 51.9 Å². The molecular formula is C43H52N6O11S.